The zero-order valence-electron chi connectivity index (χ0n) is 15.7. The van der Waals surface area contributed by atoms with Gasteiger partial charge in [-0.3, -0.25) is 0 Å². The lowest BCUT2D eigenvalue weighted by atomic mass is 10.2. The largest absolute Gasteiger partial charge is 0.496 e. The number of halogens is 3. The first-order valence-electron chi connectivity index (χ1n) is 8.81. The van der Waals surface area contributed by atoms with Crippen molar-refractivity contribution in [1.29, 1.82) is 0 Å². The van der Waals surface area contributed by atoms with Crippen molar-refractivity contribution in [2.45, 2.75) is 13.2 Å². The molecule has 0 spiro atoms. The van der Waals surface area contributed by atoms with Gasteiger partial charge in [0.1, 0.15) is 18.1 Å². The van der Waals surface area contributed by atoms with E-state index in [0.717, 1.165) is 31.4 Å². The molecule has 0 saturated carbocycles. The molecule has 4 nitrogen and oxygen atoms in total. The Bertz CT molecular complexity index is 989. The molecule has 0 amide bonds. The Morgan fingerprint density at radius 1 is 1.00 bits per heavy atom. The monoisotopic (exact) mass is 536 g/mol. The molecule has 0 atom stereocenters. The molecule has 0 aliphatic carbocycles. The minimum atomic E-state index is 0.380. The van der Waals surface area contributed by atoms with Gasteiger partial charge in [-0.25, -0.2) is 0 Å². The molecule has 0 saturated heterocycles. The highest BCUT2D eigenvalue weighted by molar-refractivity contribution is 9.11. The van der Waals surface area contributed by atoms with Crippen LogP contribution in [0, 0.1) is 0 Å². The molecule has 0 heterocycles. The van der Waals surface area contributed by atoms with Crippen molar-refractivity contribution in [3.05, 3.63) is 91.3 Å². The summed E-state index contributed by atoms with van der Waals surface area (Å²) >= 11 is 13.3. The zero-order chi connectivity index (χ0) is 20.6. The van der Waals surface area contributed by atoms with Crippen LogP contribution in [0.1, 0.15) is 16.7 Å². The van der Waals surface area contributed by atoms with Crippen molar-refractivity contribution in [2.75, 3.05) is 7.11 Å². The lowest BCUT2D eigenvalue weighted by molar-refractivity contribution is 0.302. The van der Waals surface area contributed by atoms with Gasteiger partial charge in [-0.05, 0) is 61.7 Å². The molecule has 0 fully saturated rings. The molecule has 0 aliphatic heterocycles. The average Bonchev–Trinajstić information content (AvgIpc) is 2.72. The molecule has 3 aromatic carbocycles. The van der Waals surface area contributed by atoms with Crippen molar-refractivity contribution in [3.63, 3.8) is 0 Å². The Hall–Kier alpha value is -2.02. The predicted molar refractivity (Wildman–Crippen MR) is 125 cm³/mol. The molecule has 0 bridgehead atoms. The van der Waals surface area contributed by atoms with E-state index in [9.17, 15) is 0 Å². The maximum atomic E-state index is 6.19. The second-order valence-electron chi connectivity index (χ2n) is 6.10. The van der Waals surface area contributed by atoms with E-state index in [1.165, 1.54) is 0 Å². The van der Waals surface area contributed by atoms with Gasteiger partial charge < -0.3 is 14.9 Å². The maximum absolute atomic E-state index is 6.19. The minimum absolute atomic E-state index is 0.380. The maximum Gasteiger partial charge on any atom is 0.148 e. The van der Waals surface area contributed by atoms with Gasteiger partial charge in [0.15, 0.2) is 0 Å². The van der Waals surface area contributed by atoms with Gasteiger partial charge in [-0.1, -0.05) is 48.0 Å². The quantitative estimate of drug-likeness (QED) is 0.260. The Morgan fingerprint density at radius 3 is 2.34 bits per heavy atom. The second kappa shape index (κ2) is 10.7. The standard InChI is InChI=1S/C22H19Br2ClN2O2/c1-28-21-9-5-3-6-16(21)13-27-26-12-15-10-18(23)22(19(24)11-15)29-14-17-7-2-4-8-20(17)25/h2-12,27H,13-14H2,1H3/b26-12-. The van der Waals surface area contributed by atoms with Crippen LogP contribution in [0.25, 0.3) is 0 Å². The summed E-state index contributed by atoms with van der Waals surface area (Å²) in [6.45, 7) is 0.951. The van der Waals surface area contributed by atoms with Crippen LogP contribution >= 0.6 is 43.5 Å². The average molecular weight is 539 g/mol. The number of nitrogens with one attached hydrogen (secondary N) is 1. The van der Waals surface area contributed by atoms with Gasteiger partial charge in [-0.15, -0.1) is 0 Å². The molecule has 0 aliphatic rings. The van der Waals surface area contributed by atoms with E-state index in [4.69, 9.17) is 21.1 Å². The van der Waals surface area contributed by atoms with Gasteiger partial charge in [0.05, 0.1) is 28.8 Å². The summed E-state index contributed by atoms with van der Waals surface area (Å²) in [5.74, 6) is 1.55. The topological polar surface area (TPSA) is 42.8 Å². The first kappa shape index (κ1) is 21.7. The normalized spacial score (nSPS) is 10.9. The first-order chi connectivity index (χ1) is 14.1. The molecule has 0 unspecified atom stereocenters. The molecule has 29 heavy (non-hydrogen) atoms. The lowest BCUT2D eigenvalue weighted by Crippen LogP contribution is -2.07. The summed E-state index contributed by atoms with van der Waals surface area (Å²) in [6.07, 6.45) is 1.75. The SMILES string of the molecule is COc1ccccc1CN/N=C\c1cc(Br)c(OCc2ccccc2Cl)c(Br)c1. The Kier molecular flexibility index (Phi) is 7.98. The molecular weight excluding hydrogens is 520 g/mol. The van der Waals surface area contributed by atoms with Crippen molar-refractivity contribution >= 4 is 49.7 Å². The van der Waals surface area contributed by atoms with E-state index in [2.05, 4.69) is 42.4 Å². The van der Waals surface area contributed by atoms with Crippen molar-refractivity contribution in [2.24, 2.45) is 5.10 Å². The van der Waals surface area contributed by atoms with Crippen LogP contribution in [-0.4, -0.2) is 13.3 Å². The van der Waals surface area contributed by atoms with Crippen LogP contribution in [0.4, 0.5) is 0 Å². The third-order valence-electron chi connectivity index (χ3n) is 4.12. The molecule has 0 radical (unpaired) electrons. The summed E-state index contributed by atoms with van der Waals surface area (Å²) in [4.78, 5) is 0. The third-order valence-corrected chi connectivity index (χ3v) is 5.66. The summed E-state index contributed by atoms with van der Waals surface area (Å²) in [7, 11) is 1.66. The number of ether oxygens (including phenoxy) is 2. The number of rotatable bonds is 8. The van der Waals surface area contributed by atoms with E-state index >= 15 is 0 Å². The summed E-state index contributed by atoms with van der Waals surface area (Å²) < 4.78 is 12.9. The highest BCUT2D eigenvalue weighted by atomic mass is 79.9. The Balaban J connectivity index is 1.62. The number of methoxy groups -OCH3 is 1. The Labute approximate surface area is 192 Å². The number of para-hydroxylation sites is 1. The van der Waals surface area contributed by atoms with Crippen LogP contribution in [0.15, 0.2) is 74.7 Å². The van der Waals surface area contributed by atoms with Gasteiger partial charge in [0, 0.05) is 16.1 Å². The minimum Gasteiger partial charge on any atom is -0.496 e. The van der Waals surface area contributed by atoms with Crippen LogP contribution in [-0.2, 0) is 13.2 Å². The molecule has 3 aromatic rings. The van der Waals surface area contributed by atoms with Crippen molar-refractivity contribution in [1.82, 2.24) is 5.43 Å². The van der Waals surface area contributed by atoms with E-state index in [1.54, 1.807) is 13.3 Å². The molecule has 0 aromatic heterocycles. The molecule has 1 N–H and O–H groups in total. The highest BCUT2D eigenvalue weighted by Gasteiger charge is 2.10. The van der Waals surface area contributed by atoms with Crippen LogP contribution in [0.3, 0.4) is 0 Å². The van der Waals surface area contributed by atoms with Crippen molar-refractivity contribution < 1.29 is 9.47 Å². The van der Waals surface area contributed by atoms with Crippen molar-refractivity contribution in [3.8, 4) is 11.5 Å². The lowest BCUT2D eigenvalue weighted by Gasteiger charge is -2.12. The van der Waals surface area contributed by atoms with Crippen LogP contribution in [0.5, 0.6) is 11.5 Å². The zero-order valence-corrected chi connectivity index (χ0v) is 19.6. The van der Waals surface area contributed by atoms with Gasteiger partial charge in [-0.2, -0.15) is 5.10 Å². The predicted octanol–water partition coefficient (Wildman–Crippen LogP) is 6.58. The molecule has 7 heteroatoms. The fourth-order valence-electron chi connectivity index (χ4n) is 2.66. The fraction of sp³-hybridized carbons (Fsp3) is 0.136. The van der Waals surface area contributed by atoms with E-state index in [0.29, 0.717) is 23.9 Å². The third kappa shape index (κ3) is 5.98. The summed E-state index contributed by atoms with van der Waals surface area (Å²) in [5.41, 5.74) is 5.93. The molecule has 3 rings (SSSR count). The van der Waals surface area contributed by atoms with E-state index in [1.807, 2.05) is 60.7 Å². The fourth-order valence-corrected chi connectivity index (χ4v) is 4.30. The van der Waals surface area contributed by atoms with Gasteiger partial charge >= 0.3 is 0 Å². The van der Waals surface area contributed by atoms with E-state index in [-0.39, 0.29) is 0 Å². The van der Waals surface area contributed by atoms with Gasteiger partial charge in [0.2, 0.25) is 0 Å². The molecule has 150 valence electrons. The second-order valence-corrected chi connectivity index (χ2v) is 8.21. The Morgan fingerprint density at radius 2 is 1.66 bits per heavy atom. The number of benzene rings is 3. The highest BCUT2D eigenvalue weighted by Crippen LogP contribution is 2.35. The smallest absolute Gasteiger partial charge is 0.148 e. The van der Waals surface area contributed by atoms with Gasteiger partial charge in [0.25, 0.3) is 0 Å². The van der Waals surface area contributed by atoms with Crippen LogP contribution < -0.4 is 14.9 Å². The van der Waals surface area contributed by atoms with E-state index < -0.39 is 0 Å². The van der Waals surface area contributed by atoms with Crippen LogP contribution in [0.2, 0.25) is 5.02 Å². The number of nitrogens with zero attached hydrogens (tertiary/aromatic N) is 1. The number of hydrogen-bond acceptors (Lipinski definition) is 4. The first-order valence-corrected chi connectivity index (χ1v) is 10.8. The summed E-state index contributed by atoms with van der Waals surface area (Å²) in [5, 5.41) is 4.98. The number of hydrazone groups is 1. The molecular formula is C22H19Br2ClN2O2. The summed E-state index contributed by atoms with van der Waals surface area (Å²) in [6, 6.07) is 19.4. The number of hydrogen-bond donors (Lipinski definition) is 1.